The quantitative estimate of drug-likeness (QED) is 0.0902. The van der Waals surface area contributed by atoms with Crippen molar-refractivity contribution in [2.45, 2.75) is 30.7 Å². The molecular weight excluding hydrogens is 612 g/mol. The van der Waals surface area contributed by atoms with Gasteiger partial charge in [-0.1, -0.05) is 0 Å². The summed E-state index contributed by atoms with van der Waals surface area (Å²) in [4.78, 5) is 39.1. The summed E-state index contributed by atoms with van der Waals surface area (Å²) in [7, 11) is 0. The number of carbonyl (C=O) groups is 3. The van der Waals surface area contributed by atoms with E-state index in [1.807, 2.05) is 0 Å². The van der Waals surface area contributed by atoms with Gasteiger partial charge in [-0.2, -0.15) is 0 Å². The van der Waals surface area contributed by atoms with E-state index >= 15 is 0 Å². The molecule has 18 nitrogen and oxygen atoms in total. The molecule has 11 N–H and O–H groups in total. The summed E-state index contributed by atoms with van der Waals surface area (Å²) < 4.78 is 21.1. The van der Waals surface area contributed by atoms with Gasteiger partial charge in [0.15, 0.2) is 76.3 Å². The summed E-state index contributed by atoms with van der Waals surface area (Å²) in [6.07, 6.45) is -10.2. The lowest BCUT2D eigenvalue weighted by Crippen LogP contribution is -2.62. The van der Waals surface area contributed by atoms with Crippen molar-refractivity contribution < 1.29 is 89.5 Å². The highest BCUT2D eigenvalue weighted by molar-refractivity contribution is 5.93. The summed E-state index contributed by atoms with van der Waals surface area (Å²) >= 11 is 0. The summed E-state index contributed by atoms with van der Waals surface area (Å²) in [6.45, 7) is -1.03. The Hall–Kier alpha value is -5.85. The Morgan fingerprint density at radius 1 is 0.533 bits per heavy atom. The van der Waals surface area contributed by atoms with Crippen LogP contribution in [0.2, 0.25) is 0 Å². The number of aromatic hydroxyl groups is 9. The molecule has 5 atom stereocenters. The van der Waals surface area contributed by atoms with Crippen LogP contribution in [0, 0.1) is 0 Å². The molecule has 1 heterocycles. The van der Waals surface area contributed by atoms with E-state index in [1.54, 1.807) is 0 Å². The second-order valence-corrected chi connectivity index (χ2v) is 9.45. The van der Waals surface area contributed by atoms with Crippen molar-refractivity contribution in [1.29, 1.82) is 0 Å². The van der Waals surface area contributed by atoms with Gasteiger partial charge in [-0.15, -0.1) is 0 Å². The van der Waals surface area contributed by atoms with Crippen LogP contribution in [-0.4, -0.2) is 111 Å². The van der Waals surface area contributed by atoms with E-state index in [4.69, 9.17) is 18.9 Å². The highest BCUT2D eigenvalue weighted by atomic mass is 16.7. The maximum Gasteiger partial charge on any atom is 0.339 e. The maximum absolute atomic E-state index is 13.1. The Morgan fingerprint density at radius 2 is 0.822 bits per heavy atom. The zero-order valence-corrected chi connectivity index (χ0v) is 22.3. The van der Waals surface area contributed by atoms with Crippen LogP contribution in [0.3, 0.4) is 0 Å². The van der Waals surface area contributed by atoms with E-state index in [-0.39, 0.29) is 0 Å². The smallest absolute Gasteiger partial charge is 0.339 e. The van der Waals surface area contributed by atoms with Gasteiger partial charge in [0, 0.05) is 0 Å². The Bertz CT molecular complexity index is 1580. The van der Waals surface area contributed by atoms with Gasteiger partial charge in [0.25, 0.3) is 0 Å². The van der Waals surface area contributed by atoms with Gasteiger partial charge in [0.05, 0.1) is 23.3 Å². The summed E-state index contributed by atoms with van der Waals surface area (Å²) in [5.74, 6) is -13.0. The van der Waals surface area contributed by atoms with Crippen LogP contribution in [0.1, 0.15) is 31.1 Å². The van der Waals surface area contributed by atoms with Crippen molar-refractivity contribution >= 4 is 17.9 Å². The van der Waals surface area contributed by atoms with Crippen LogP contribution in [0.4, 0.5) is 0 Å². The first-order valence-electron chi connectivity index (χ1n) is 12.4. The SMILES string of the molecule is O=C(OC1C(O)OC(CO)C(OC(=O)c2cc(O)c(O)c(O)c2)C1OC(=O)c1cc(O)c(O)c(O)c1)c1cc(O)c(O)c(O)c1. The number of ether oxygens (including phenoxy) is 4. The standard InChI is InChI=1S/C27H24O18/c28-7-17-21(43-24(38)8-1-11(29)18(35)12(30)2-8)22(44-25(39)9-3-13(31)19(36)14(32)4-9)23(27(41)42-17)45-26(40)10-5-15(33)20(37)16(34)6-10/h1-6,17,21-23,27-37,41H,7H2. The number of phenolic OH excluding ortho intramolecular Hbond substituents is 9. The molecule has 0 amide bonds. The monoisotopic (exact) mass is 636 g/mol. The molecule has 1 aliphatic heterocycles. The lowest BCUT2D eigenvalue weighted by atomic mass is 9.97. The third-order valence-electron chi connectivity index (χ3n) is 6.43. The number of hydrogen-bond acceptors (Lipinski definition) is 18. The van der Waals surface area contributed by atoms with Crippen molar-refractivity contribution in [3.05, 3.63) is 53.1 Å². The van der Waals surface area contributed by atoms with E-state index in [0.717, 1.165) is 0 Å². The molecule has 0 saturated carbocycles. The molecule has 5 unspecified atom stereocenters. The molecule has 0 bridgehead atoms. The first kappa shape index (κ1) is 32.1. The number of aliphatic hydroxyl groups is 2. The molecule has 1 aliphatic rings. The normalized spacial score (nSPS) is 21.1. The predicted molar refractivity (Wildman–Crippen MR) is 140 cm³/mol. The molecule has 0 spiro atoms. The van der Waals surface area contributed by atoms with Gasteiger partial charge in [0.2, 0.25) is 0 Å². The number of benzene rings is 3. The number of aliphatic hydroxyl groups excluding tert-OH is 2. The fraction of sp³-hybridized carbons (Fsp3) is 0.222. The fourth-order valence-electron chi connectivity index (χ4n) is 4.19. The number of hydrogen-bond donors (Lipinski definition) is 11. The zero-order chi connectivity index (χ0) is 33.3. The van der Waals surface area contributed by atoms with Crippen LogP contribution in [-0.2, 0) is 18.9 Å². The molecule has 1 saturated heterocycles. The summed E-state index contributed by atoms with van der Waals surface area (Å²) in [5.41, 5.74) is -1.82. The van der Waals surface area contributed by atoms with E-state index in [0.29, 0.717) is 36.4 Å². The van der Waals surface area contributed by atoms with E-state index in [1.165, 1.54) is 0 Å². The van der Waals surface area contributed by atoms with Crippen LogP contribution in [0.15, 0.2) is 36.4 Å². The molecular formula is C27H24O18. The molecule has 45 heavy (non-hydrogen) atoms. The number of rotatable bonds is 7. The Labute approximate surface area is 249 Å². The van der Waals surface area contributed by atoms with Gasteiger partial charge in [-0.05, 0) is 36.4 Å². The van der Waals surface area contributed by atoms with E-state index < -0.39 is 124 Å². The molecule has 0 radical (unpaired) electrons. The minimum absolute atomic E-state index is 0.590. The van der Waals surface area contributed by atoms with Gasteiger partial charge < -0.3 is 75.1 Å². The highest BCUT2D eigenvalue weighted by Gasteiger charge is 2.52. The Morgan fingerprint density at radius 3 is 1.13 bits per heavy atom. The molecule has 1 fully saturated rings. The van der Waals surface area contributed by atoms with Crippen LogP contribution < -0.4 is 0 Å². The zero-order valence-electron chi connectivity index (χ0n) is 22.3. The number of esters is 3. The summed E-state index contributed by atoms with van der Waals surface area (Å²) in [5, 5.41) is 108. The minimum Gasteiger partial charge on any atom is -0.504 e. The van der Waals surface area contributed by atoms with E-state index in [9.17, 15) is 70.6 Å². The molecule has 0 aliphatic carbocycles. The second kappa shape index (κ2) is 12.4. The van der Waals surface area contributed by atoms with Crippen molar-refractivity contribution in [3.8, 4) is 51.7 Å². The van der Waals surface area contributed by atoms with Gasteiger partial charge >= 0.3 is 17.9 Å². The predicted octanol–water partition coefficient (Wildman–Crippen LogP) is -0.277. The van der Waals surface area contributed by atoms with Gasteiger partial charge in [0.1, 0.15) is 6.10 Å². The van der Waals surface area contributed by atoms with Gasteiger partial charge in [-0.25, -0.2) is 14.4 Å². The van der Waals surface area contributed by atoms with Crippen LogP contribution in [0.25, 0.3) is 0 Å². The molecule has 4 rings (SSSR count). The van der Waals surface area contributed by atoms with Crippen molar-refractivity contribution in [2.24, 2.45) is 0 Å². The average molecular weight is 636 g/mol. The lowest BCUT2D eigenvalue weighted by molar-refractivity contribution is -0.284. The fourth-order valence-corrected chi connectivity index (χ4v) is 4.19. The minimum atomic E-state index is -2.23. The third-order valence-corrected chi connectivity index (χ3v) is 6.43. The molecule has 18 heteroatoms. The first-order chi connectivity index (χ1) is 21.1. The average Bonchev–Trinajstić information content (AvgIpc) is 2.99. The Kier molecular flexibility index (Phi) is 8.84. The van der Waals surface area contributed by atoms with Crippen molar-refractivity contribution in [3.63, 3.8) is 0 Å². The van der Waals surface area contributed by atoms with Crippen molar-refractivity contribution in [2.75, 3.05) is 6.61 Å². The van der Waals surface area contributed by atoms with Crippen LogP contribution in [0.5, 0.6) is 51.7 Å². The molecule has 0 aromatic heterocycles. The lowest BCUT2D eigenvalue weighted by Gasteiger charge is -2.42. The van der Waals surface area contributed by atoms with E-state index in [2.05, 4.69) is 0 Å². The van der Waals surface area contributed by atoms with Gasteiger partial charge in [-0.3, -0.25) is 0 Å². The van der Waals surface area contributed by atoms with Crippen molar-refractivity contribution in [1.82, 2.24) is 0 Å². The summed E-state index contributed by atoms with van der Waals surface area (Å²) in [6, 6.07) is 3.98. The maximum atomic E-state index is 13.1. The Balaban J connectivity index is 1.75. The second-order valence-electron chi connectivity index (χ2n) is 9.45. The number of phenols is 9. The molecule has 3 aromatic rings. The third kappa shape index (κ3) is 6.42. The largest absolute Gasteiger partial charge is 0.504 e. The topological polar surface area (TPSA) is 311 Å². The molecule has 240 valence electrons. The molecule has 3 aromatic carbocycles. The van der Waals surface area contributed by atoms with Crippen LogP contribution >= 0.6 is 0 Å². The highest BCUT2D eigenvalue weighted by Crippen LogP contribution is 2.39. The first-order valence-corrected chi connectivity index (χ1v) is 12.4. The number of carbonyl (C=O) groups excluding carboxylic acids is 3.